The van der Waals surface area contributed by atoms with Crippen molar-refractivity contribution in [3.63, 3.8) is 0 Å². The molecule has 2 heterocycles. The van der Waals surface area contributed by atoms with E-state index >= 15 is 0 Å². The SMILES string of the molecule is C[C@H](NC(=O)COC(=O)/C=C/c1cn(Cc2ccccc2)nn1)c1cccs1. The Morgan fingerprint density at radius 2 is 2.07 bits per heavy atom. The molecule has 7 nitrogen and oxygen atoms in total. The van der Waals surface area contributed by atoms with Crippen molar-refractivity contribution in [2.75, 3.05) is 6.61 Å². The Balaban J connectivity index is 1.43. The molecule has 0 unspecified atom stereocenters. The zero-order chi connectivity index (χ0) is 19.8. The van der Waals surface area contributed by atoms with Crippen molar-refractivity contribution in [2.24, 2.45) is 0 Å². The monoisotopic (exact) mass is 396 g/mol. The summed E-state index contributed by atoms with van der Waals surface area (Å²) in [5.74, 6) is -0.965. The van der Waals surface area contributed by atoms with Crippen molar-refractivity contribution >= 4 is 29.3 Å². The Bertz CT molecular complexity index is 936. The molecule has 0 spiro atoms. The molecule has 144 valence electrons. The molecule has 0 saturated heterocycles. The summed E-state index contributed by atoms with van der Waals surface area (Å²) in [6.07, 6.45) is 4.46. The number of ether oxygens (including phenoxy) is 1. The molecule has 0 fully saturated rings. The van der Waals surface area contributed by atoms with Gasteiger partial charge < -0.3 is 10.1 Å². The van der Waals surface area contributed by atoms with Gasteiger partial charge in [-0.3, -0.25) is 4.79 Å². The van der Waals surface area contributed by atoms with Crippen LogP contribution < -0.4 is 5.32 Å². The first kappa shape index (κ1) is 19.5. The van der Waals surface area contributed by atoms with Crippen molar-refractivity contribution in [2.45, 2.75) is 19.5 Å². The highest BCUT2D eigenvalue weighted by atomic mass is 32.1. The maximum atomic E-state index is 11.9. The van der Waals surface area contributed by atoms with Gasteiger partial charge in [0.15, 0.2) is 6.61 Å². The molecular weight excluding hydrogens is 376 g/mol. The third-order valence-corrected chi connectivity index (χ3v) is 4.88. The van der Waals surface area contributed by atoms with E-state index in [2.05, 4.69) is 15.6 Å². The lowest BCUT2D eigenvalue weighted by Crippen LogP contribution is -2.30. The van der Waals surface area contributed by atoms with Crippen molar-refractivity contribution in [1.82, 2.24) is 20.3 Å². The summed E-state index contributed by atoms with van der Waals surface area (Å²) in [5.41, 5.74) is 1.63. The van der Waals surface area contributed by atoms with Crippen LogP contribution in [-0.4, -0.2) is 33.5 Å². The summed E-state index contributed by atoms with van der Waals surface area (Å²) in [4.78, 5) is 24.7. The fourth-order valence-corrected chi connectivity index (χ4v) is 3.20. The number of thiophene rings is 1. The van der Waals surface area contributed by atoms with E-state index in [1.165, 1.54) is 12.2 Å². The lowest BCUT2D eigenvalue weighted by atomic mass is 10.2. The number of nitrogens with zero attached hydrogens (tertiary/aromatic N) is 3. The van der Waals surface area contributed by atoms with Gasteiger partial charge in [0.25, 0.3) is 5.91 Å². The molecule has 0 aliphatic rings. The number of carbonyl (C=O) groups excluding carboxylic acids is 2. The van der Waals surface area contributed by atoms with Crippen molar-refractivity contribution in [3.05, 3.63) is 76.3 Å². The maximum Gasteiger partial charge on any atom is 0.331 e. The van der Waals surface area contributed by atoms with E-state index in [4.69, 9.17) is 4.74 Å². The molecule has 0 saturated carbocycles. The highest BCUT2D eigenvalue weighted by Gasteiger charge is 2.11. The largest absolute Gasteiger partial charge is 0.452 e. The fourth-order valence-electron chi connectivity index (χ4n) is 2.47. The van der Waals surface area contributed by atoms with Gasteiger partial charge in [-0.25, -0.2) is 9.48 Å². The normalized spacial score (nSPS) is 12.0. The predicted octanol–water partition coefficient (Wildman–Crippen LogP) is 2.82. The van der Waals surface area contributed by atoms with Crippen LogP contribution in [0.2, 0.25) is 0 Å². The van der Waals surface area contributed by atoms with Gasteiger partial charge >= 0.3 is 5.97 Å². The summed E-state index contributed by atoms with van der Waals surface area (Å²) >= 11 is 1.56. The van der Waals surface area contributed by atoms with Crippen molar-refractivity contribution in [3.8, 4) is 0 Å². The van der Waals surface area contributed by atoms with Crippen LogP contribution in [0.1, 0.15) is 29.1 Å². The van der Waals surface area contributed by atoms with Crippen LogP contribution in [-0.2, 0) is 20.9 Å². The summed E-state index contributed by atoms with van der Waals surface area (Å²) in [7, 11) is 0. The molecule has 3 rings (SSSR count). The molecule has 1 aromatic carbocycles. The van der Waals surface area contributed by atoms with Gasteiger partial charge in [0.1, 0.15) is 5.69 Å². The van der Waals surface area contributed by atoms with Gasteiger partial charge in [-0.15, -0.1) is 16.4 Å². The minimum absolute atomic E-state index is 0.124. The Morgan fingerprint density at radius 3 is 2.82 bits per heavy atom. The van der Waals surface area contributed by atoms with E-state index in [-0.39, 0.29) is 18.6 Å². The topological polar surface area (TPSA) is 86.1 Å². The van der Waals surface area contributed by atoms with Gasteiger partial charge in [-0.1, -0.05) is 41.6 Å². The first-order valence-corrected chi connectivity index (χ1v) is 9.60. The maximum absolute atomic E-state index is 11.9. The smallest absolute Gasteiger partial charge is 0.331 e. The molecule has 28 heavy (non-hydrogen) atoms. The van der Waals surface area contributed by atoms with Crippen LogP contribution in [0, 0.1) is 0 Å². The van der Waals surface area contributed by atoms with Gasteiger partial charge in [0.2, 0.25) is 0 Å². The van der Waals surface area contributed by atoms with Gasteiger partial charge in [-0.2, -0.15) is 0 Å². The average molecular weight is 396 g/mol. The van der Waals surface area contributed by atoms with E-state index in [0.29, 0.717) is 12.2 Å². The second kappa shape index (κ2) is 9.61. The molecule has 0 radical (unpaired) electrons. The molecule has 8 heteroatoms. The zero-order valence-corrected chi connectivity index (χ0v) is 16.1. The van der Waals surface area contributed by atoms with E-state index in [1.807, 2.05) is 54.8 Å². The standard InChI is InChI=1S/C20H20N4O3S/c1-15(18-8-5-11-28-18)21-19(25)14-27-20(26)10-9-17-13-24(23-22-17)12-16-6-3-2-4-7-16/h2-11,13,15H,12,14H2,1H3,(H,21,25)/b10-9+/t15-/m0/s1. The first-order chi connectivity index (χ1) is 13.6. The van der Waals surface area contributed by atoms with Crippen LogP contribution in [0.15, 0.2) is 60.1 Å². The van der Waals surface area contributed by atoms with Gasteiger partial charge in [0, 0.05) is 11.0 Å². The molecular formula is C20H20N4O3S. The van der Waals surface area contributed by atoms with Crippen LogP contribution in [0.25, 0.3) is 6.08 Å². The average Bonchev–Trinajstić information content (AvgIpc) is 3.38. The fraction of sp³-hybridized carbons (Fsp3) is 0.200. The second-order valence-electron chi connectivity index (χ2n) is 6.07. The highest BCUT2D eigenvalue weighted by molar-refractivity contribution is 7.10. The number of nitrogens with one attached hydrogen (secondary N) is 1. The van der Waals surface area contributed by atoms with Crippen LogP contribution in [0.3, 0.4) is 0 Å². The van der Waals surface area contributed by atoms with Crippen molar-refractivity contribution < 1.29 is 14.3 Å². The minimum atomic E-state index is -0.614. The van der Waals surface area contributed by atoms with Crippen LogP contribution in [0.4, 0.5) is 0 Å². The lowest BCUT2D eigenvalue weighted by molar-refractivity contribution is -0.144. The Labute approximate surface area is 166 Å². The number of esters is 1. The van der Waals surface area contributed by atoms with E-state index in [0.717, 1.165) is 10.4 Å². The molecule has 1 amide bonds. The Morgan fingerprint density at radius 1 is 1.25 bits per heavy atom. The minimum Gasteiger partial charge on any atom is -0.452 e. The molecule has 0 aliphatic carbocycles. The van der Waals surface area contributed by atoms with E-state index in [9.17, 15) is 9.59 Å². The number of carbonyl (C=O) groups is 2. The number of amides is 1. The highest BCUT2D eigenvalue weighted by Crippen LogP contribution is 2.17. The second-order valence-corrected chi connectivity index (χ2v) is 7.05. The van der Waals surface area contributed by atoms with Gasteiger partial charge in [0.05, 0.1) is 18.8 Å². The number of rotatable bonds is 8. The van der Waals surface area contributed by atoms with E-state index in [1.54, 1.807) is 22.2 Å². The number of aromatic nitrogens is 3. The first-order valence-electron chi connectivity index (χ1n) is 8.72. The summed E-state index contributed by atoms with van der Waals surface area (Å²) < 4.78 is 6.64. The number of benzene rings is 1. The Kier molecular flexibility index (Phi) is 6.69. The molecule has 1 atom stereocenters. The number of hydrogen-bond donors (Lipinski definition) is 1. The van der Waals surface area contributed by atoms with Crippen LogP contribution >= 0.6 is 11.3 Å². The Hall–Kier alpha value is -3.26. The summed E-state index contributed by atoms with van der Waals surface area (Å²) in [5, 5.41) is 12.7. The molecule has 3 aromatic rings. The summed E-state index contributed by atoms with van der Waals surface area (Å²) in [6, 6.07) is 13.6. The third kappa shape index (κ3) is 5.88. The van der Waals surface area contributed by atoms with Crippen molar-refractivity contribution in [1.29, 1.82) is 0 Å². The molecule has 2 aromatic heterocycles. The van der Waals surface area contributed by atoms with E-state index < -0.39 is 5.97 Å². The molecule has 0 aliphatic heterocycles. The predicted molar refractivity (Wildman–Crippen MR) is 106 cm³/mol. The number of hydrogen-bond acceptors (Lipinski definition) is 6. The lowest BCUT2D eigenvalue weighted by Gasteiger charge is -2.11. The van der Waals surface area contributed by atoms with Gasteiger partial charge in [-0.05, 0) is 30.0 Å². The quantitative estimate of drug-likeness (QED) is 0.467. The third-order valence-electron chi connectivity index (χ3n) is 3.83. The molecule has 0 bridgehead atoms. The molecule has 1 N–H and O–H groups in total. The van der Waals surface area contributed by atoms with Crippen LogP contribution in [0.5, 0.6) is 0 Å². The zero-order valence-electron chi connectivity index (χ0n) is 15.3. The summed E-state index contributed by atoms with van der Waals surface area (Å²) in [6.45, 7) is 2.14.